The number of rotatable bonds is 1. The van der Waals surface area contributed by atoms with E-state index in [1.807, 2.05) is 0 Å². The SMILES string of the molecule is CC(C)(C)OC(=O)N1CC2CC(C(=O)O)C(F)(F)C2C1. The fourth-order valence-electron chi connectivity index (χ4n) is 3.01. The zero-order valence-corrected chi connectivity index (χ0v) is 11.7. The second-order valence-electron chi connectivity index (χ2n) is 6.55. The number of fused-ring (bicyclic) bond motifs is 1. The lowest BCUT2D eigenvalue weighted by Gasteiger charge is -2.26. The highest BCUT2D eigenvalue weighted by Crippen LogP contribution is 2.52. The summed E-state index contributed by atoms with van der Waals surface area (Å²) < 4.78 is 33.2. The Bertz CT molecular complexity index is 433. The molecule has 0 aromatic carbocycles. The third-order valence-corrected chi connectivity index (χ3v) is 3.89. The van der Waals surface area contributed by atoms with E-state index >= 15 is 0 Å². The van der Waals surface area contributed by atoms with E-state index < -0.39 is 41.3 Å². The Morgan fingerprint density at radius 1 is 1.30 bits per heavy atom. The van der Waals surface area contributed by atoms with Crippen LogP contribution >= 0.6 is 0 Å². The van der Waals surface area contributed by atoms with Gasteiger partial charge in [-0.3, -0.25) is 4.79 Å². The van der Waals surface area contributed by atoms with Gasteiger partial charge in [-0.15, -0.1) is 0 Å². The molecule has 1 saturated carbocycles. The number of carboxylic acid groups (broad SMARTS) is 1. The maximum Gasteiger partial charge on any atom is 0.410 e. The van der Waals surface area contributed by atoms with Gasteiger partial charge in [0.1, 0.15) is 11.5 Å². The number of hydrogen-bond acceptors (Lipinski definition) is 3. The number of carbonyl (C=O) groups excluding carboxylic acids is 1. The van der Waals surface area contributed by atoms with E-state index in [1.54, 1.807) is 20.8 Å². The molecule has 3 atom stereocenters. The van der Waals surface area contributed by atoms with Crippen molar-refractivity contribution in [3.63, 3.8) is 0 Å². The first-order valence-electron chi connectivity index (χ1n) is 6.61. The van der Waals surface area contributed by atoms with Crippen LogP contribution in [0.15, 0.2) is 0 Å². The molecule has 0 radical (unpaired) electrons. The summed E-state index contributed by atoms with van der Waals surface area (Å²) in [5.74, 6) is -7.94. The second-order valence-corrected chi connectivity index (χ2v) is 6.55. The van der Waals surface area contributed by atoms with Crippen LogP contribution in [-0.2, 0) is 9.53 Å². The van der Waals surface area contributed by atoms with E-state index in [0.717, 1.165) is 0 Å². The average molecular weight is 291 g/mol. The van der Waals surface area contributed by atoms with Gasteiger partial charge in [0.05, 0.1) is 0 Å². The number of ether oxygens (including phenoxy) is 1. The Balaban J connectivity index is 2.05. The van der Waals surface area contributed by atoms with Gasteiger partial charge in [0.15, 0.2) is 0 Å². The number of alkyl halides is 2. The van der Waals surface area contributed by atoms with Crippen molar-refractivity contribution in [1.29, 1.82) is 0 Å². The van der Waals surface area contributed by atoms with E-state index in [2.05, 4.69) is 0 Å². The fourth-order valence-corrected chi connectivity index (χ4v) is 3.01. The molecule has 1 amide bonds. The molecule has 2 fully saturated rings. The van der Waals surface area contributed by atoms with E-state index in [9.17, 15) is 18.4 Å². The van der Waals surface area contributed by atoms with Crippen LogP contribution in [0.3, 0.4) is 0 Å². The molecular formula is C13H19F2NO4. The molecule has 0 spiro atoms. The molecule has 0 aromatic rings. The fraction of sp³-hybridized carbons (Fsp3) is 0.846. The van der Waals surface area contributed by atoms with Gasteiger partial charge in [0.2, 0.25) is 0 Å². The number of amides is 1. The highest BCUT2D eigenvalue weighted by molar-refractivity contribution is 5.72. The van der Waals surface area contributed by atoms with Crippen LogP contribution in [-0.4, -0.2) is 46.7 Å². The first kappa shape index (κ1) is 15.0. The largest absolute Gasteiger partial charge is 0.481 e. The van der Waals surface area contributed by atoms with Gasteiger partial charge >= 0.3 is 12.1 Å². The Labute approximate surface area is 115 Å². The van der Waals surface area contributed by atoms with Crippen LogP contribution in [0.4, 0.5) is 13.6 Å². The lowest BCUT2D eigenvalue weighted by atomic mass is 9.98. The molecule has 114 valence electrons. The Hall–Kier alpha value is -1.40. The van der Waals surface area contributed by atoms with Gasteiger partial charge in [-0.1, -0.05) is 0 Å². The summed E-state index contributed by atoms with van der Waals surface area (Å²) in [7, 11) is 0. The number of nitrogens with zero attached hydrogens (tertiary/aromatic N) is 1. The number of hydrogen-bond donors (Lipinski definition) is 1. The minimum absolute atomic E-state index is 0.0910. The Morgan fingerprint density at radius 3 is 2.35 bits per heavy atom. The van der Waals surface area contributed by atoms with Crippen LogP contribution in [0.1, 0.15) is 27.2 Å². The van der Waals surface area contributed by atoms with Crippen LogP contribution in [0.5, 0.6) is 0 Å². The predicted molar refractivity (Wildman–Crippen MR) is 65.5 cm³/mol. The van der Waals surface area contributed by atoms with Crippen LogP contribution in [0, 0.1) is 17.8 Å². The average Bonchev–Trinajstić information content (AvgIpc) is 2.75. The molecule has 2 rings (SSSR count). The Kier molecular flexibility index (Phi) is 3.42. The molecule has 5 nitrogen and oxygen atoms in total. The van der Waals surface area contributed by atoms with Gasteiger partial charge in [0, 0.05) is 19.0 Å². The normalized spacial score (nSPS) is 32.0. The van der Waals surface area contributed by atoms with Crippen molar-refractivity contribution < 1.29 is 28.2 Å². The standard InChI is InChI=1S/C13H19F2NO4/c1-12(2,3)20-11(19)16-5-7-4-8(10(17)18)13(14,15)9(7)6-16/h7-9H,4-6H2,1-3H3,(H,17,18). The van der Waals surface area contributed by atoms with Crippen LogP contribution in [0.2, 0.25) is 0 Å². The molecule has 2 aliphatic rings. The molecule has 7 heteroatoms. The van der Waals surface area contributed by atoms with Crippen molar-refractivity contribution in [2.75, 3.05) is 13.1 Å². The monoisotopic (exact) mass is 291 g/mol. The van der Waals surface area contributed by atoms with Gasteiger partial charge in [-0.2, -0.15) is 0 Å². The van der Waals surface area contributed by atoms with E-state index in [-0.39, 0.29) is 19.5 Å². The zero-order chi connectivity index (χ0) is 15.3. The lowest BCUT2D eigenvalue weighted by molar-refractivity contribution is -0.157. The predicted octanol–water partition coefficient (Wildman–Crippen LogP) is 2.21. The third kappa shape index (κ3) is 2.58. The zero-order valence-electron chi connectivity index (χ0n) is 11.7. The van der Waals surface area contributed by atoms with Gasteiger partial charge in [-0.25, -0.2) is 13.6 Å². The number of carboxylic acids is 1. The first-order chi connectivity index (χ1) is 9.02. The smallest absolute Gasteiger partial charge is 0.410 e. The van der Waals surface area contributed by atoms with E-state index in [1.165, 1.54) is 4.90 Å². The van der Waals surface area contributed by atoms with Crippen LogP contribution < -0.4 is 0 Å². The summed E-state index contributed by atoms with van der Waals surface area (Å²) >= 11 is 0. The quantitative estimate of drug-likeness (QED) is 0.804. The first-order valence-corrected chi connectivity index (χ1v) is 6.61. The molecule has 1 heterocycles. The van der Waals surface area contributed by atoms with E-state index in [4.69, 9.17) is 9.84 Å². The van der Waals surface area contributed by atoms with Crippen molar-refractivity contribution in [2.45, 2.75) is 38.7 Å². The number of likely N-dealkylation sites (tertiary alicyclic amines) is 1. The van der Waals surface area contributed by atoms with Crippen molar-refractivity contribution in [3.05, 3.63) is 0 Å². The summed E-state index contributed by atoms with van der Waals surface area (Å²) in [6.45, 7) is 5.11. The minimum Gasteiger partial charge on any atom is -0.481 e. The molecule has 20 heavy (non-hydrogen) atoms. The molecule has 0 bridgehead atoms. The summed E-state index contributed by atoms with van der Waals surface area (Å²) in [5, 5.41) is 8.85. The topological polar surface area (TPSA) is 66.8 Å². The van der Waals surface area contributed by atoms with Crippen molar-refractivity contribution in [1.82, 2.24) is 4.90 Å². The molecular weight excluding hydrogens is 272 g/mol. The van der Waals surface area contributed by atoms with Gasteiger partial charge in [0.25, 0.3) is 5.92 Å². The molecule has 1 aliphatic heterocycles. The highest BCUT2D eigenvalue weighted by Gasteiger charge is 2.63. The number of carbonyl (C=O) groups is 2. The Morgan fingerprint density at radius 2 is 1.90 bits per heavy atom. The summed E-state index contributed by atoms with van der Waals surface area (Å²) in [6, 6.07) is 0. The van der Waals surface area contributed by atoms with Gasteiger partial charge < -0.3 is 14.7 Å². The van der Waals surface area contributed by atoms with Crippen molar-refractivity contribution in [3.8, 4) is 0 Å². The van der Waals surface area contributed by atoms with Crippen molar-refractivity contribution in [2.24, 2.45) is 17.8 Å². The third-order valence-electron chi connectivity index (χ3n) is 3.89. The number of aliphatic carboxylic acids is 1. The number of halogens is 2. The maximum absolute atomic E-state index is 14.0. The molecule has 1 N–H and O–H groups in total. The molecule has 0 aromatic heterocycles. The van der Waals surface area contributed by atoms with Gasteiger partial charge in [-0.05, 0) is 33.1 Å². The highest BCUT2D eigenvalue weighted by atomic mass is 19.3. The van der Waals surface area contributed by atoms with E-state index in [0.29, 0.717) is 0 Å². The van der Waals surface area contributed by atoms with Crippen LogP contribution in [0.25, 0.3) is 0 Å². The van der Waals surface area contributed by atoms with Crippen molar-refractivity contribution >= 4 is 12.1 Å². The molecule has 3 unspecified atom stereocenters. The minimum atomic E-state index is -3.27. The lowest BCUT2D eigenvalue weighted by Crippen LogP contribution is -2.40. The summed E-state index contributed by atoms with van der Waals surface area (Å²) in [6.07, 6.45) is -0.707. The summed E-state index contributed by atoms with van der Waals surface area (Å²) in [4.78, 5) is 24.0. The maximum atomic E-state index is 14.0. The second kappa shape index (κ2) is 4.56. The molecule has 1 saturated heterocycles. The summed E-state index contributed by atoms with van der Waals surface area (Å²) in [5.41, 5.74) is -0.680. The molecule has 1 aliphatic carbocycles.